The molecule has 0 bridgehead atoms. The van der Waals surface area contributed by atoms with E-state index in [0.717, 1.165) is 28.5 Å². The Bertz CT molecular complexity index is 1320. The van der Waals surface area contributed by atoms with E-state index in [2.05, 4.69) is 19.2 Å². The number of benzene rings is 3. The van der Waals surface area contributed by atoms with E-state index >= 15 is 0 Å². The van der Waals surface area contributed by atoms with Crippen molar-refractivity contribution in [2.24, 2.45) is 0 Å². The van der Waals surface area contributed by atoms with Gasteiger partial charge in [-0.2, -0.15) is 0 Å². The molecule has 3 aromatic carbocycles. The van der Waals surface area contributed by atoms with Gasteiger partial charge >= 0.3 is 0 Å². The first-order chi connectivity index (χ1) is 17.2. The fourth-order valence-corrected chi connectivity index (χ4v) is 6.46. The maximum Gasteiger partial charge on any atom is 0.264 e. The number of carbonyl (C=O) groups excluding carboxylic acids is 1. The second kappa shape index (κ2) is 10.7. The topological polar surface area (TPSA) is 75.7 Å². The molecule has 1 amide bonds. The molecule has 1 aliphatic rings. The molecule has 4 rings (SSSR count). The van der Waals surface area contributed by atoms with E-state index in [0.29, 0.717) is 6.42 Å². The Kier molecular flexibility index (Phi) is 7.83. The summed E-state index contributed by atoms with van der Waals surface area (Å²) in [5.74, 6) is 0.279. The van der Waals surface area contributed by atoms with E-state index in [1.165, 1.54) is 30.3 Å². The number of sulfonamides is 1. The first-order valence-corrected chi connectivity index (χ1v) is 14.0. The van der Waals surface area contributed by atoms with Gasteiger partial charge in [0.05, 0.1) is 16.6 Å². The lowest BCUT2D eigenvalue weighted by atomic mass is 9.83. The molecule has 3 aromatic rings. The molecule has 0 fully saturated rings. The third-order valence-electron chi connectivity index (χ3n) is 6.57. The summed E-state index contributed by atoms with van der Waals surface area (Å²) >= 11 is 12.4. The molecule has 190 valence electrons. The fourth-order valence-electron chi connectivity index (χ4n) is 4.52. The van der Waals surface area contributed by atoms with Crippen LogP contribution in [0.4, 0.5) is 5.69 Å². The number of rotatable bonds is 8. The fraction of sp³-hybridized carbons (Fsp3) is 0.296. The number of amides is 1. The third-order valence-corrected chi connectivity index (χ3v) is 8.80. The van der Waals surface area contributed by atoms with Gasteiger partial charge in [0.15, 0.2) is 0 Å². The Morgan fingerprint density at radius 1 is 1.00 bits per heavy atom. The van der Waals surface area contributed by atoms with Gasteiger partial charge in [0.1, 0.15) is 17.9 Å². The van der Waals surface area contributed by atoms with Gasteiger partial charge in [-0.3, -0.25) is 9.10 Å². The van der Waals surface area contributed by atoms with Crippen molar-refractivity contribution in [2.75, 3.05) is 10.8 Å². The van der Waals surface area contributed by atoms with E-state index in [9.17, 15) is 13.2 Å². The molecule has 1 heterocycles. The van der Waals surface area contributed by atoms with Crippen LogP contribution in [0, 0.1) is 0 Å². The normalized spacial score (nSPS) is 16.5. The molecule has 36 heavy (non-hydrogen) atoms. The lowest BCUT2D eigenvalue weighted by molar-refractivity contribution is -0.121. The van der Waals surface area contributed by atoms with Crippen LogP contribution < -0.4 is 14.4 Å². The van der Waals surface area contributed by atoms with Gasteiger partial charge in [-0.05, 0) is 49.2 Å². The predicted octanol–water partition coefficient (Wildman–Crippen LogP) is 6.39. The lowest BCUT2D eigenvalue weighted by Gasteiger charge is -2.41. The van der Waals surface area contributed by atoms with Crippen LogP contribution in [0.3, 0.4) is 0 Å². The maximum absolute atomic E-state index is 13.6. The summed E-state index contributed by atoms with van der Waals surface area (Å²) in [6.45, 7) is 3.68. The largest absolute Gasteiger partial charge is 0.487 e. The molecule has 1 unspecified atom stereocenters. The highest BCUT2D eigenvalue weighted by Crippen LogP contribution is 2.42. The highest BCUT2D eigenvalue weighted by molar-refractivity contribution is 7.92. The molecule has 0 aromatic heterocycles. The zero-order valence-electron chi connectivity index (χ0n) is 20.1. The van der Waals surface area contributed by atoms with Crippen molar-refractivity contribution < 1.29 is 17.9 Å². The van der Waals surface area contributed by atoms with Gasteiger partial charge in [-0.1, -0.05) is 73.4 Å². The zero-order valence-corrected chi connectivity index (χ0v) is 22.4. The van der Waals surface area contributed by atoms with Crippen LogP contribution in [0.15, 0.2) is 77.7 Å². The Morgan fingerprint density at radius 3 is 2.25 bits per heavy atom. The van der Waals surface area contributed by atoms with Gasteiger partial charge in [-0.15, -0.1) is 0 Å². The van der Waals surface area contributed by atoms with Crippen LogP contribution in [0.5, 0.6) is 5.75 Å². The second-order valence-corrected chi connectivity index (χ2v) is 11.5. The number of carbonyl (C=O) groups is 1. The average Bonchev–Trinajstić information content (AvgIpc) is 2.87. The van der Waals surface area contributed by atoms with Crippen LogP contribution in [0.2, 0.25) is 10.0 Å². The Balaban J connectivity index is 1.67. The summed E-state index contributed by atoms with van der Waals surface area (Å²) in [5, 5.41) is 3.59. The highest BCUT2D eigenvalue weighted by Gasteiger charge is 2.39. The molecule has 0 saturated carbocycles. The molecule has 0 aliphatic carbocycles. The molecule has 6 nitrogen and oxygen atoms in total. The van der Waals surface area contributed by atoms with Crippen molar-refractivity contribution in [3.63, 3.8) is 0 Å². The van der Waals surface area contributed by atoms with Crippen molar-refractivity contribution in [3.05, 3.63) is 88.4 Å². The number of anilines is 1. The Labute approximate surface area is 222 Å². The van der Waals surface area contributed by atoms with Crippen molar-refractivity contribution in [1.82, 2.24) is 5.32 Å². The number of hydrogen-bond donors (Lipinski definition) is 1. The van der Waals surface area contributed by atoms with Crippen molar-refractivity contribution >= 4 is 44.8 Å². The van der Waals surface area contributed by atoms with E-state index in [4.69, 9.17) is 27.9 Å². The molecule has 0 saturated heterocycles. The highest BCUT2D eigenvalue weighted by atomic mass is 35.5. The van der Waals surface area contributed by atoms with Gasteiger partial charge in [0.25, 0.3) is 10.0 Å². The number of hydrogen-bond acceptors (Lipinski definition) is 4. The van der Waals surface area contributed by atoms with Gasteiger partial charge < -0.3 is 10.1 Å². The minimum absolute atomic E-state index is 0.0568. The standard InChI is InChI=1S/C27H28Cl2N2O4S/c1-3-27(4-2)17-24(23-12-8-9-13-25(23)35-27)30-26(32)18-31(21-15-19(28)14-20(29)16-21)36(33,34)22-10-6-5-7-11-22/h5-16,24H,3-4,17-18H2,1-2H3,(H,30,32). The molecule has 1 aliphatic heterocycles. The molecule has 9 heteroatoms. The van der Waals surface area contributed by atoms with Crippen molar-refractivity contribution in [3.8, 4) is 5.75 Å². The molecular formula is C27H28Cl2N2O4S. The van der Waals surface area contributed by atoms with Crippen molar-refractivity contribution in [2.45, 2.75) is 49.6 Å². The number of ether oxygens (including phenoxy) is 1. The number of halogens is 2. The van der Waals surface area contributed by atoms with E-state index < -0.39 is 28.1 Å². The minimum atomic E-state index is -4.09. The van der Waals surface area contributed by atoms with Gasteiger partial charge in [0.2, 0.25) is 5.91 Å². The monoisotopic (exact) mass is 546 g/mol. The van der Waals surface area contributed by atoms with E-state index in [1.807, 2.05) is 24.3 Å². The minimum Gasteiger partial charge on any atom is -0.487 e. The summed E-state index contributed by atoms with van der Waals surface area (Å²) in [7, 11) is -4.09. The second-order valence-electron chi connectivity index (χ2n) is 8.81. The van der Waals surface area contributed by atoms with E-state index in [1.54, 1.807) is 18.2 Å². The molecule has 0 radical (unpaired) electrons. The summed E-state index contributed by atoms with van der Waals surface area (Å²) in [6, 6.07) is 19.7. The molecule has 1 N–H and O–H groups in total. The predicted molar refractivity (Wildman–Crippen MR) is 143 cm³/mol. The first-order valence-electron chi connectivity index (χ1n) is 11.8. The molecule has 1 atom stereocenters. The lowest BCUT2D eigenvalue weighted by Crippen LogP contribution is -2.47. The molecular weight excluding hydrogens is 519 g/mol. The number of nitrogens with one attached hydrogen (secondary N) is 1. The summed E-state index contributed by atoms with van der Waals surface area (Å²) < 4.78 is 34.6. The summed E-state index contributed by atoms with van der Waals surface area (Å²) in [6.07, 6.45) is 2.14. The Hall–Kier alpha value is -2.74. The van der Waals surface area contributed by atoms with Crippen LogP contribution in [-0.2, 0) is 14.8 Å². The number of nitrogens with zero attached hydrogens (tertiary/aromatic N) is 1. The smallest absolute Gasteiger partial charge is 0.264 e. The quantitative estimate of drug-likeness (QED) is 0.355. The Morgan fingerprint density at radius 2 is 1.61 bits per heavy atom. The average molecular weight is 548 g/mol. The van der Waals surface area contributed by atoms with Crippen LogP contribution in [0.1, 0.15) is 44.7 Å². The van der Waals surface area contributed by atoms with Gasteiger partial charge in [0, 0.05) is 22.0 Å². The van der Waals surface area contributed by atoms with Crippen LogP contribution >= 0.6 is 23.2 Å². The number of fused-ring (bicyclic) bond motifs is 1. The number of para-hydroxylation sites is 1. The maximum atomic E-state index is 13.6. The summed E-state index contributed by atoms with van der Waals surface area (Å²) in [4.78, 5) is 13.5. The van der Waals surface area contributed by atoms with E-state index in [-0.39, 0.29) is 26.7 Å². The van der Waals surface area contributed by atoms with Crippen LogP contribution in [-0.4, -0.2) is 26.5 Å². The van der Waals surface area contributed by atoms with Crippen molar-refractivity contribution in [1.29, 1.82) is 0 Å². The molecule has 0 spiro atoms. The van der Waals surface area contributed by atoms with Gasteiger partial charge in [-0.25, -0.2) is 8.42 Å². The first kappa shape index (κ1) is 26.3. The SMILES string of the molecule is CCC1(CC)CC(NC(=O)CN(c2cc(Cl)cc(Cl)c2)S(=O)(=O)c2ccccc2)c2ccccc2O1. The zero-order chi connectivity index (χ0) is 25.9. The van der Waals surface area contributed by atoms with Crippen LogP contribution in [0.25, 0.3) is 0 Å². The third kappa shape index (κ3) is 5.48. The summed E-state index contributed by atoms with van der Waals surface area (Å²) in [5.41, 5.74) is 0.657.